The summed E-state index contributed by atoms with van der Waals surface area (Å²) in [5, 5.41) is 3.29. The minimum atomic E-state index is -1.14. The van der Waals surface area contributed by atoms with Gasteiger partial charge in [0.2, 0.25) is 0 Å². The maximum absolute atomic E-state index is 13.8. The van der Waals surface area contributed by atoms with Crippen molar-refractivity contribution in [1.82, 2.24) is 5.32 Å². The second-order valence-electron chi connectivity index (χ2n) is 5.72. The highest BCUT2D eigenvalue weighted by Crippen LogP contribution is 2.30. The van der Waals surface area contributed by atoms with Gasteiger partial charge < -0.3 is 10.1 Å². The first-order valence-electron chi connectivity index (χ1n) is 6.94. The second-order valence-corrected chi connectivity index (χ2v) is 5.72. The van der Waals surface area contributed by atoms with Gasteiger partial charge in [-0.1, -0.05) is 30.3 Å². The molecule has 0 aromatic heterocycles. The van der Waals surface area contributed by atoms with E-state index < -0.39 is 5.67 Å². The zero-order valence-corrected chi connectivity index (χ0v) is 11.3. The number of hydrogen-bond acceptors (Lipinski definition) is 2. The van der Waals surface area contributed by atoms with Gasteiger partial charge in [0.05, 0.1) is 13.2 Å². The van der Waals surface area contributed by atoms with Crippen LogP contribution in [-0.4, -0.2) is 31.5 Å². The lowest BCUT2D eigenvalue weighted by Crippen LogP contribution is -2.53. The van der Waals surface area contributed by atoms with Gasteiger partial charge in [-0.3, -0.25) is 0 Å². The summed E-state index contributed by atoms with van der Waals surface area (Å²) in [7, 11) is 0. The zero-order valence-electron chi connectivity index (χ0n) is 11.3. The van der Waals surface area contributed by atoms with E-state index in [4.69, 9.17) is 4.74 Å². The van der Waals surface area contributed by atoms with Gasteiger partial charge in [0.25, 0.3) is 0 Å². The normalized spacial score (nSPS) is 21.5. The van der Waals surface area contributed by atoms with Gasteiger partial charge in [0.15, 0.2) is 5.67 Å². The van der Waals surface area contributed by atoms with Crippen molar-refractivity contribution in [3.63, 3.8) is 0 Å². The fraction of sp³-hybridized carbons (Fsp3) is 0.500. The lowest BCUT2D eigenvalue weighted by atomic mass is 9.99. The van der Waals surface area contributed by atoms with Gasteiger partial charge in [-0.25, -0.2) is 4.39 Å². The molecule has 1 N–H and O–H groups in total. The number of alkyl halides is 1. The molecule has 0 saturated carbocycles. The third-order valence-corrected chi connectivity index (χ3v) is 3.95. The zero-order chi connectivity index (χ0) is 13.3. The molecule has 2 nitrogen and oxygen atoms in total. The third kappa shape index (κ3) is 2.72. The molecule has 1 aliphatic heterocycles. The number of rotatable bonds is 5. The lowest BCUT2D eigenvalue weighted by Gasteiger charge is -2.34. The molecule has 1 aromatic rings. The van der Waals surface area contributed by atoms with E-state index >= 15 is 0 Å². The first-order valence-corrected chi connectivity index (χ1v) is 6.94. The molecule has 1 saturated heterocycles. The average Bonchev–Trinajstić information content (AvgIpc) is 2.78. The van der Waals surface area contributed by atoms with Crippen molar-refractivity contribution in [3.8, 4) is 0 Å². The Morgan fingerprint density at radius 1 is 1.37 bits per heavy atom. The monoisotopic (exact) mass is 261 g/mol. The van der Waals surface area contributed by atoms with E-state index in [1.54, 1.807) is 0 Å². The van der Waals surface area contributed by atoms with Crippen molar-refractivity contribution in [2.24, 2.45) is 0 Å². The molecule has 0 amide bonds. The van der Waals surface area contributed by atoms with Gasteiger partial charge >= 0.3 is 0 Å². The molecule has 3 rings (SSSR count). The van der Waals surface area contributed by atoms with Gasteiger partial charge in [-0.05, 0) is 36.5 Å². The predicted octanol–water partition coefficient (Wildman–Crippen LogP) is 2.73. The number of halogens is 1. The number of ether oxygens (including phenoxy) is 1. The van der Waals surface area contributed by atoms with Crippen LogP contribution in [0.5, 0.6) is 0 Å². The molecule has 1 aromatic carbocycles. The van der Waals surface area contributed by atoms with Crippen LogP contribution in [0.1, 0.15) is 24.5 Å². The van der Waals surface area contributed by atoms with Crippen molar-refractivity contribution in [2.45, 2.75) is 31.5 Å². The molecule has 0 spiro atoms. The molecule has 0 unspecified atom stereocenters. The fourth-order valence-corrected chi connectivity index (χ4v) is 2.73. The summed E-state index contributed by atoms with van der Waals surface area (Å²) in [4.78, 5) is 0. The second kappa shape index (κ2) is 5.06. The Hall–Kier alpha value is -1.19. The molecule has 0 radical (unpaired) electrons. The van der Waals surface area contributed by atoms with E-state index in [9.17, 15) is 4.39 Å². The first kappa shape index (κ1) is 12.8. The fourth-order valence-electron chi connectivity index (χ4n) is 2.73. The number of fused-ring (bicyclic) bond motifs is 1. The van der Waals surface area contributed by atoms with Crippen LogP contribution in [0.25, 0.3) is 5.57 Å². The maximum Gasteiger partial charge on any atom is 0.169 e. The van der Waals surface area contributed by atoms with Crippen molar-refractivity contribution < 1.29 is 9.13 Å². The first-order chi connectivity index (χ1) is 9.16. The maximum atomic E-state index is 13.8. The molecule has 0 bridgehead atoms. The molecule has 1 atom stereocenters. The SMILES string of the molecule is C[C@H](CC1=CCc2ccccc21)NCC1(F)COC1. The van der Waals surface area contributed by atoms with Gasteiger partial charge in [-0.15, -0.1) is 0 Å². The topological polar surface area (TPSA) is 21.3 Å². The average molecular weight is 261 g/mol. The number of allylic oxidation sites excluding steroid dienone is 1. The summed E-state index contributed by atoms with van der Waals surface area (Å²) in [6.45, 7) is 2.98. The van der Waals surface area contributed by atoms with Crippen LogP contribution in [0.2, 0.25) is 0 Å². The van der Waals surface area contributed by atoms with Crippen LogP contribution in [0.3, 0.4) is 0 Å². The van der Waals surface area contributed by atoms with Crippen molar-refractivity contribution in [3.05, 3.63) is 41.5 Å². The van der Waals surface area contributed by atoms with E-state index in [1.165, 1.54) is 16.7 Å². The minimum Gasteiger partial charge on any atom is -0.375 e. The highest BCUT2D eigenvalue weighted by Gasteiger charge is 2.38. The van der Waals surface area contributed by atoms with Crippen molar-refractivity contribution in [2.75, 3.05) is 19.8 Å². The molecule has 1 fully saturated rings. The molecule has 2 aliphatic rings. The van der Waals surface area contributed by atoms with Gasteiger partial charge in [-0.2, -0.15) is 0 Å². The number of benzene rings is 1. The molecule has 1 heterocycles. The smallest absolute Gasteiger partial charge is 0.169 e. The summed E-state index contributed by atoms with van der Waals surface area (Å²) in [6, 6.07) is 8.81. The largest absolute Gasteiger partial charge is 0.375 e. The summed E-state index contributed by atoms with van der Waals surface area (Å²) >= 11 is 0. The van der Waals surface area contributed by atoms with Crippen molar-refractivity contribution >= 4 is 5.57 Å². The van der Waals surface area contributed by atoms with E-state index in [0.717, 1.165) is 12.8 Å². The standard InChI is InChI=1S/C16H20FNO/c1-12(18-9-16(17)10-19-11-16)8-14-7-6-13-4-2-3-5-15(13)14/h2-5,7,12,18H,6,8-11H2,1H3/t12-/m1/s1. The van der Waals surface area contributed by atoms with Gasteiger partial charge in [0.1, 0.15) is 0 Å². The molecule has 102 valence electrons. The van der Waals surface area contributed by atoms with Crippen molar-refractivity contribution in [1.29, 1.82) is 0 Å². The van der Waals surface area contributed by atoms with Crippen LogP contribution in [0.4, 0.5) is 4.39 Å². The van der Waals surface area contributed by atoms with Crippen LogP contribution >= 0.6 is 0 Å². The van der Waals surface area contributed by atoms with E-state index in [2.05, 4.69) is 42.6 Å². The lowest BCUT2D eigenvalue weighted by molar-refractivity contribution is -0.127. The van der Waals surface area contributed by atoms with E-state index in [-0.39, 0.29) is 19.3 Å². The van der Waals surface area contributed by atoms with Gasteiger partial charge in [0, 0.05) is 12.6 Å². The van der Waals surface area contributed by atoms with E-state index in [1.807, 2.05) is 0 Å². The van der Waals surface area contributed by atoms with Crippen LogP contribution < -0.4 is 5.32 Å². The summed E-state index contributed by atoms with van der Waals surface area (Å²) in [5.41, 5.74) is 3.00. The Balaban J connectivity index is 1.54. The Labute approximate surface area is 113 Å². The highest BCUT2D eigenvalue weighted by atomic mass is 19.1. The quantitative estimate of drug-likeness (QED) is 0.880. The number of nitrogens with one attached hydrogen (secondary N) is 1. The summed E-state index contributed by atoms with van der Waals surface area (Å²) in [6.07, 6.45) is 4.27. The minimum absolute atomic E-state index is 0.234. The number of hydrogen-bond donors (Lipinski definition) is 1. The molecule has 19 heavy (non-hydrogen) atoms. The molecular formula is C16H20FNO. The Morgan fingerprint density at radius 3 is 2.89 bits per heavy atom. The van der Waals surface area contributed by atoms with E-state index in [0.29, 0.717) is 6.54 Å². The Bertz CT molecular complexity index is 493. The highest BCUT2D eigenvalue weighted by molar-refractivity contribution is 5.73. The summed E-state index contributed by atoms with van der Waals surface area (Å²) in [5.74, 6) is 0. The van der Waals surface area contributed by atoms with Crippen LogP contribution in [0.15, 0.2) is 30.3 Å². The predicted molar refractivity (Wildman–Crippen MR) is 74.9 cm³/mol. The molecule has 3 heteroatoms. The molecular weight excluding hydrogens is 241 g/mol. The van der Waals surface area contributed by atoms with Crippen LogP contribution in [0, 0.1) is 0 Å². The molecule has 1 aliphatic carbocycles. The Morgan fingerprint density at radius 2 is 2.16 bits per heavy atom. The van der Waals surface area contributed by atoms with Crippen LogP contribution in [-0.2, 0) is 11.2 Å². The Kier molecular flexibility index (Phi) is 3.42. The third-order valence-electron chi connectivity index (χ3n) is 3.95. The summed E-state index contributed by atoms with van der Waals surface area (Å²) < 4.78 is 18.7.